The summed E-state index contributed by atoms with van der Waals surface area (Å²) in [6.07, 6.45) is 1.56. The minimum Gasteiger partial charge on any atom is -0.377 e. The Morgan fingerprint density at radius 2 is 2.00 bits per heavy atom. The molecular weight excluding hydrogens is 150 g/mol. The van der Waals surface area contributed by atoms with Crippen LogP contribution in [0, 0.1) is 5.92 Å². The highest BCUT2D eigenvalue weighted by Crippen LogP contribution is 2.14. The van der Waals surface area contributed by atoms with E-state index in [1.54, 1.807) is 0 Å². The van der Waals surface area contributed by atoms with E-state index in [2.05, 4.69) is 33.0 Å². The molecule has 2 heteroatoms. The fraction of sp³-hybridized carbons (Fsp3) is 1.00. The van der Waals surface area contributed by atoms with E-state index in [-0.39, 0.29) is 0 Å². The average Bonchev–Trinajstić information content (AvgIpc) is 2.36. The van der Waals surface area contributed by atoms with Crippen LogP contribution >= 0.6 is 0 Å². The average molecular weight is 171 g/mol. The molecule has 1 saturated heterocycles. The van der Waals surface area contributed by atoms with Crippen molar-refractivity contribution in [3.05, 3.63) is 0 Å². The second kappa shape index (κ2) is 4.24. The summed E-state index contributed by atoms with van der Waals surface area (Å²) in [6.45, 7) is 9.81. The van der Waals surface area contributed by atoms with Gasteiger partial charge in [0.25, 0.3) is 0 Å². The maximum absolute atomic E-state index is 5.48. The largest absolute Gasteiger partial charge is 0.377 e. The van der Waals surface area contributed by atoms with Gasteiger partial charge in [-0.25, -0.2) is 0 Å². The number of hydrogen-bond donors (Lipinski definition) is 1. The first-order valence-electron chi connectivity index (χ1n) is 4.99. The molecule has 0 amide bonds. The Hall–Kier alpha value is -0.0800. The van der Waals surface area contributed by atoms with Crippen molar-refractivity contribution in [3.8, 4) is 0 Å². The molecule has 0 saturated carbocycles. The van der Waals surface area contributed by atoms with E-state index in [0.29, 0.717) is 24.1 Å². The molecule has 0 spiro atoms. The van der Waals surface area contributed by atoms with Gasteiger partial charge in [0.2, 0.25) is 0 Å². The highest BCUT2D eigenvalue weighted by atomic mass is 16.5. The normalized spacial score (nSPS) is 32.8. The lowest BCUT2D eigenvalue weighted by Gasteiger charge is -2.24. The van der Waals surface area contributed by atoms with Gasteiger partial charge >= 0.3 is 0 Å². The van der Waals surface area contributed by atoms with Crippen LogP contribution in [0.25, 0.3) is 0 Å². The molecule has 1 N–H and O–H groups in total. The third kappa shape index (κ3) is 2.46. The summed E-state index contributed by atoms with van der Waals surface area (Å²) in [5, 5.41) is 3.60. The summed E-state index contributed by atoms with van der Waals surface area (Å²) in [7, 11) is 0. The van der Waals surface area contributed by atoms with Crippen LogP contribution < -0.4 is 5.32 Å². The van der Waals surface area contributed by atoms with Crippen molar-refractivity contribution in [2.45, 2.75) is 52.3 Å². The van der Waals surface area contributed by atoms with Gasteiger partial charge in [0.15, 0.2) is 0 Å². The van der Waals surface area contributed by atoms with E-state index in [9.17, 15) is 0 Å². The quantitative estimate of drug-likeness (QED) is 0.699. The lowest BCUT2D eigenvalue weighted by molar-refractivity contribution is 0.110. The van der Waals surface area contributed by atoms with Crippen LogP contribution in [-0.2, 0) is 4.74 Å². The molecule has 0 aromatic rings. The van der Waals surface area contributed by atoms with Gasteiger partial charge in [-0.05, 0) is 26.2 Å². The van der Waals surface area contributed by atoms with Crippen LogP contribution in [0.15, 0.2) is 0 Å². The van der Waals surface area contributed by atoms with Crippen LogP contribution in [0.2, 0.25) is 0 Å². The van der Waals surface area contributed by atoms with E-state index in [1.807, 2.05) is 0 Å². The molecule has 0 radical (unpaired) electrons. The fourth-order valence-electron chi connectivity index (χ4n) is 1.48. The van der Waals surface area contributed by atoms with E-state index in [4.69, 9.17) is 4.74 Å². The van der Waals surface area contributed by atoms with Gasteiger partial charge < -0.3 is 10.1 Å². The minimum absolute atomic E-state index is 0.395. The Morgan fingerprint density at radius 1 is 1.33 bits per heavy atom. The molecule has 12 heavy (non-hydrogen) atoms. The zero-order valence-corrected chi connectivity index (χ0v) is 8.63. The Bertz CT molecular complexity index is 136. The molecule has 1 fully saturated rings. The van der Waals surface area contributed by atoms with Crippen molar-refractivity contribution >= 4 is 0 Å². The first-order valence-corrected chi connectivity index (χ1v) is 4.99. The highest BCUT2D eigenvalue weighted by molar-refractivity contribution is 4.82. The predicted molar refractivity (Wildman–Crippen MR) is 51.3 cm³/mol. The van der Waals surface area contributed by atoms with E-state index < -0.39 is 0 Å². The molecule has 1 aliphatic rings. The zero-order valence-electron chi connectivity index (χ0n) is 8.63. The molecule has 2 nitrogen and oxygen atoms in total. The first-order chi connectivity index (χ1) is 5.61. The molecule has 1 unspecified atom stereocenters. The first kappa shape index (κ1) is 10.0. The Morgan fingerprint density at radius 3 is 2.42 bits per heavy atom. The molecule has 0 aromatic carbocycles. The maximum atomic E-state index is 5.48. The van der Waals surface area contributed by atoms with Crippen molar-refractivity contribution in [2.24, 2.45) is 5.92 Å². The smallest absolute Gasteiger partial charge is 0.0700 e. The molecule has 3 atom stereocenters. The molecule has 1 rings (SSSR count). The van der Waals surface area contributed by atoms with Gasteiger partial charge in [0.1, 0.15) is 0 Å². The molecule has 1 aliphatic heterocycles. The molecule has 0 aromatic heterocycles. The number of nitrogens with one attached hydrogen (secondary N) is 1. The van der Waals surface area contributed by atoms with Gasteiger partial charge in [-0.2, -0.15) is 0 Å². The third-order valence-corrected chi connectivity index (χ3v) is 2.85. The van der Waals surface area contributed by atoms with Gasteiger partial charge in [0.05, 0.1) is 6.10 Å². The van der Waals surface area contributed by atoms with E-state index in [0.717, 1.165) is 13.0 Å². The maximum Gasteiger partial charge on any atom is 0.0700 e. The third-order valence-electron chi connectivity index (χ3n) is 2.85. The summed E-state index contributed by atoms with van der Waals surface area (Å²) >= 11 is 0. The zero-order chi connectivity index (χ0) is 9.14. The number of ether oxygens (including phenoxy) is 1. The van der Waals surface area contributed by atoms with Gasteiger partial charge in [0, 0.05) is 18.7 Å². The van der Waals surface area contributed by atoms with Crippen LogP contribution in [0.4, 0.5) is 0 Å². The second-order valence-corrected chi connectivity index (χ2v) is 4.17. The molecular formula is C10H21NO. The number of hydrogen-bond acceptors (Lipinski definition) is 2. The van der Waals surface area contributed by atoms with Gasteiger partial charge in [-0.15, -0.1) is 0 Å². The van der Waals surface area contributed by atoms with E-state index in [1.165, 1.54) is 0 Å². The van der Waals surface area contributed by atoms with Crippen molar-refractivity contribution < 1.29 is 4.74 Å². The Labute approximate surface area is 75.7 Å². The van der Waals surface area contributed by atoms with Crippen molar-refractivity contribution in [2.75, 3.05) is 6.61 Å². The lowest BCUT2D eigenvalue weighted by Crippen LogP contribution is -2.42. The number of rotatable bonds is 3. The summed E-state index contributed by atoms with van der Waals surface area (Å²) in [5.41, 5.74) is 0. The lowest BCUT2D eigenvalue weighted by atomic mass is 10.0. The predicted octanol–water partition coefficient (Wildman–Crippen LogP) is 1.80. The standard InChI is InChI=1S/C10H21NO/c1-7(2)8(3)11-10-5-6-12-9(10)4/h7-11H,5-6H2,1-4H3/t8?,9-,10-/m1/s1. The fourth-order valence-corrected chi connectivity index (χ4v) is 1.48. The van der Waals surface area contributed by atoms with Crippen LogP contribution in [-0.4, -0.2) is 24.8 Å². The summed E-state index contributed by atoms with van der Waals surface area (Å²) in [4.78, 5) is 0. The Balaban J connectivity index is 2.30. The van der Waals surface area contributed by atoms with Crippen molar-refractivity contribution in [3.63, 3.8) is 0 Å². The molecule has 0 bridgehead atoms. The summed E-state index contributed by atoms with van der Waals surface area (Å²) in [6, 6.07) is 1.17. The highest BCUT2D eigenvalue weighted by Gasteiger charge is 2.25. The topological polar surface area (TPSA) is 21.3 Å². The molecule has 0 aliphatic carbocycles. The Kier molecular flexibility index (Phi) is 3.53. The second-order valence-electron chi connectivity index (χ2n) is 4.17. The summed E-state index contributed by atoms with van der Waals surface area (Å²) in [5.74, 6) is 0.706. The minimum atomic E-state index is 0.395. The monoisotopic (exact) mass is 171 g/mol. The molecule has 72 valence electrons. The van der Waals surface area contributed by atoms with Crippen LogP contribution in [0.1, 0.15) is 34.1 Å². The SMILES string of the molecule is CC(C)C(C)N[C@@H]1CCO[C@@H]1C. The van der Waals surface area contributed by atoms with Crippen LogP contribution in [0.5, 0.6) is 0 Å². The van der Waals surface area contributed by atoms with Gasteiger partial charge in [-0.1, -0.05) is 13.8 Å². The molecule has 1 heterocycles. The van der Waals surface area contributed by atoms with Crippen molar-refractivity contribution in [1.29, 1.82) is 0 Å². The van der Waals surface area contributed by atoms with E-state index >= 15 is 0 Å². The van der Waals surface area contributed by atoms with Crippen molar-refractivity contribution in [1.82, 2.24) is 5.32 Å². The van der Waals surface area contributed by atoms with Gasteiger partial charge in [-0.3, -0.25) is 0 Å². The van der Waals surface area contributed by atoms with Crippen LogP contribution in [0.3, 0.4) is 0 Å². The summed E-state index contributed by atoms with van der Waals surface area (Å²) < 4.78 is 5.48.